The van der Waals surface area contributed by atoms with E-state index in [1.165, 1.54) is 4.90 Å². The van der Waals surface area contributed by atoms with Crippen LogP contribution in [0, 0.1) is 17.5 Å². The predicted molar refractivity (Wildman–Crippen MR) is 97.9 cm³/mol. The Labute approximate surface area is 159 Å². The average Bonchev–Trinajstić information content (AvgIpc) is 3.13. The zero-order chi connectivity index (χ0) is 20.0. The van der Waals surface area contributed by atoms with Crippen LogP contribution < -0.4 is 5.32 Å². The molecule has 0 atom stereocenters. The molecule has 0 saturated heterocycles. The molecule has 0 unspecified atom stereocenters. The van der Waals surface area contributed by atoms with Crippen molar-refractivity contribution in [1.29, 1.82) is 0 Å². The Balaban J connectivity index is 1.88. The molecule has 0 bridgehead atoms. The van der Waals surface area contributed by atoms with Crippen molar-refractivity contribution in [2.75, 3.05) is 32.0 Å². The molecule has 5 nitrogen and oxygen atoms in total. The lowest BCUT2D eigenvalue weighted by molar-refractivity contribution is -0.132. The smallest absolute Gasteiger partial charge is 0.238 e. The van der Waals surface area contributed by atoms with Gasteiger partial charge < -0.3 is 10.2 Å². The number of benzene rings is 1. The van der Waals surface area contributed by atoms with Crippen LogP contribution in [0.4, 0.5) is 18.9 Å². The van der Waals surface area contributed by atoms with Gasteiger partial charge in [0.15, 0.2) is 17.5 Å². The van der Waals surface area contributed by atoms with Crippen molar-refractivity contribution >= 4 is 28.8 Å². The number of carbonyl (C=O) groups is 2. The third kappa shape index (κ3) is 5.80. The zero-order valence-corrected chi connectivity index (χ0v) is 15.8. The van der Waals surface area contributed by atoms with Crippen LogP contribution in [0.25, 0.3) is 0 Å². The van der Waals surface area contributed by atoms with Gasteiger partial charge in [-0.25, -0.2) is 13.2 Å². The summed E-state index contributed by atoms with van der Waals surface area (Å²) in [6.45, 7) is 2.67. The van der Waals surface area contributed by atoms with Crippen LogP contribution in [0.1, 0.15) is 11.8 Å². The molecule has 0 aliphatic heterocycles. The number of thiophene rings is 1. The lowest BCUT2D eigenvalue weighted by Crippen LogP contribution is -2.41. The number of halogens is 3. The fraction of sp³-hybridized carbons (Fsp3) is 0.333. The summed E-state index contributed by atoms with van der Waals surface area (Å²) in [7, 11) is 1.57. The lowest BCUT2D eigenvalue weighted by atomic mass is 10.2. The Morgan fingerprint density at radius 3 is 2.48 bits per heavy atom. The van der Waals surface area contributed by atoms with Gasteiger partial charge in [0.25, 0.3) is 0 Å². The Kier molecular flexibility index (Phi) is 7.37. The zero-order valence-electron chi connectivity index (χ0n) is 15.0. The Morgan fingerprint density at radius 1 is 1.11 bits per heavy atom. The highest BCUT2D eigenvalue weighted by Crippen LogP contribution is 2.19. The summed E-state index contributed by atoms with van der Waals surface area (Å²) in [6.07, 6.45) is 0. The molecule has 2 rings (SSSR count). The van der Waals surface area contributed by atoms with E-state index in [0.29, 0.717) is 13.1 Å². The first-order chi connectivity index (χ1) is 12.8. The van der Waals surface area contributed by atoms with E-state index in [1.54, 1.807) is 23.3 Å². The number of anilines is 1. The van der Waals surface area contributed by atoms with E-state index in [-0.39, 0.29) is 19.0 Å². The van der Waals surface area contributed by atoms with Crippen molar-refractivity contribution in [2.24, 2.45) is 0 Å². The standard InChI is InChI=1S/C18H20F3N3O2S/c1-3-24(9-12-5-4-8-27-12)16(26)11-23(2)10-15(25)22-14-7-6-13(19)17(20)18(14)21/h4-8H,3,9-11H2,1-2H3,(H,22,25). The molecule has 1 aromatic heterocycles. The molecule has 146 valence electrons. The van der Waals surface area contributed by atoms with Crippen LogP contribution in [-0.2, 0) is 16.1 Å². The maximum absolute atomic E-state index is 13.6. The number of nitrogens with one attached hydrogen (secondary N) is 1. The summed E-state index contributed by atoms with van der Waals surface area (Å²) in [5.41, 5.74) is -0.452. The first-order valence-corrected chi connectivity index (χ1v) is 9.11. The van der Waals surface area contributed by atoms with E-state index in [9.17, 15) is 22.8 Å². The third-order valence-electron chi connectivity index (χ3n) is 3.79. The second-order valence-electron chi connectivity index (χ2n) is 5.93. The Bertz CT molecular complexity index is 799. The fourth-order valence-electron chi connectivity index (χ4n) is 2.41. The number of carbonyl (C=O) groups excluding carboxylic acids is 2. The van der Waals surface area contributed by atoms with E-state index < -0.39 is 29.0 Å². The van der Waals surface area contributed by atoms with Gasteiger partial charge in [-0.1, -0.05) is 6.07 Å². The van der Waals surface area contributed by atoms with Crippen LogP contribution >= 0.6 is 11.3 Å². The molecule has 2 amide bonds. The molecular formula is C18H20F3N3O2S. The topological polar surface area (TPSA) is 52.7 Å². The SMILES string of the molecule is CCN(Cc1cccs1)C(=O)CN(C)CC(=O)Nc1ccc(F)c(F)c1F. The van der Waals surface area contributed by atoms with E-state index in [2.05, 4.69) is 5.32 Å². The summed E-state index contributed by atoms with van der Waals surface area (Å²) >= 11 is 1.55. The summed E-state index contributed by atoms with van der Waals surface area (Å²) in [6, 6.07) is 5.52. The van der Waals surface area contributed by atoms with Crippen molar-refractivity contribution < 1.29 is 22.8 Å². The van der Waals surface area contributed by atoms with E-state index in [4.69, 9.17) is 0 Å². The molecular weight excluding hydrogens is 379 g/mol. The van der Waals surface area contributed by atoms with E-state index in [1.807, 2.05) is 24.4 Å². The summed E-state index contributed by atoms with van der Waals surface area (Å²) < 4.78 is 39.7. The summed E-state index contributed by atoms with van der Waals surface area (Å²) in [5, 5.41) is 4.11. The third-order valence-corrected chi connectivity index (χ3v) is 4.65. The minimum absolute atomic E-state index is 0.00705. The average molecular weight is 399 g/mol. The highest BCUT2D eigenvalue weighted by atomic mass is 32.1. The number of likely N-dealkylation sites (N-methyl/N-ethyl adjacent to an activating group) is 2. The number of amides is 2. The van der Waals surface area contributed by atoms with E-state index >= 15 is 0 Å². The largest absolute Gasteiger partial charge is 0.337 e. The van der Waals surface area contributed by atoms with Crippen LogP contribution in [0.3, 0.4) is 0 Å². The molecule has 0 fully saturated rings. The maximum atomic E-state index is 13.6. The molecule has 0 aliphatic rings. The number of hydrogen-bond acceptors (Lipinski definition) is 4. The van der Waals surface area contributed by atoms with Crippen LogP contribution in [-0.4, -0.2) is 48.3 Å². The van der Waals surface area contributed by atoms with Gasteiger partial charge in [0.2, 0.25) is 11.8 Å². The molecule has 0 spiro atoms. The van der Waals surface area contributed by atoms with Crippen molar-refractivity contribution in [3.63, 3.8) is 0 Å². The van der Waals surface area contributed by atoms with Crippen molar-refractivity contribution in [3.05, 3.63) is 52.0 Å². The van der Waals surface area contributed by atoms with Crippen molar-refractivity contribution in [3.8, 4) is 0 Å². The second kappa shape index (κ2) is 9.52. The monoisotopic (exact) mass is 399 g/mol. The maximum Gasteiger partial charge on any atom is 0.238 e. The van der Waals surface area contributed by atoms with Crippen LogP contribution in [0.15, 0.2) is 29.6 Å². The quantitative estimate of drug-likeness (QED) is 0.694. The number of rotatable bonds is 8. The first-order valence-electron chi connectivity index (χ1n) is 8.23. The van der Waals surface area contributed by atoms with Crippen LogP contribution in [0.5, 0.6) is 0 Å². The predicted octanol–water partition coefficient (Wildman–Crippen LogP) is 3.08. The van der Waals surface area contributed by atoms with Gasteiger partial charge >= 0.3 is 0 Å². The van der Waals surface area contributed by atoms with Gasteiger partial charge in [-0.2, -0.15) is 0 Å². The highest BCUT2D eigenvalue weighted by molar-refractivity contribution is 7.09. The van der Waals surface area contributed by atoms with Crippen molar-refractivity contribution in [1.82, 2.24) is 9.80 Å². The molecule has 2 aromatic rings. The molecule has 0 radical (unpaired) electrons. The minimum atomic E-state index is -1.65. The second-order valence-corrected chi connectivity index (χ2v) is 6.96. The molecule has 0 saturated carbocycles. The minimum Gasteiger partial charge on any atom is -0.337 e. The Hall–Kier alpha value is -2.39. The molecule has 1 N–H and O–H groups in total. The van der Waals surface area contributed by atoms with Gasteiger partial charge in [0.05, 0.1) is 25.3 Å². The van der Waals surface area contributed by atoms with Crippen LogP contribution in [0.2, 0.25) is 0 Å². The first kappa shape index (κ1) is 20.9. The van der Waals surface area contributed by atoms with E-state index in [0.717, 1.165) is 17.0 Å². The lowest BCUT2D eigenvalue weighted by Gasteiger charge is -2.23. The Morgan fingerprint density at radius 2 is 1.85 bits per heavy atom. The van der Waals surface area contributed by atoms with Crippen molar-refractivity contribution in [2.45, 2.75) is 13.5 Å². The molecule has 9 heteroatoms. The van der Waals surface area contributed by atoms with Gasteiger partial charge in [-0.05, 0) is 37.6 Å². The van der Waals surface area contributed by atoms with Gasteiger partial charge in [0, 0.05) is 11.4 Å². The molecule has 27 heavy (non-hydrogen) atoms. The highest BCUT2D eigenvalue weighted by Gasteiger charge is 2.19. The molecule has 1 heterocycles. The molecule has 0 aliphatic carbocycles. The van der Waals surface area contributed by atoms with Gasteiger partial charge in [-0.15, -0.1) is 11.3 Å². The van der Waals surface area contributed by atoms with Gasteiger partial charge in [-0.3, -0.25) is 14.5 Å². The fourth-order valence-corrected chi connectivity index (χ4v) is 3.13. The normalized spacial score (nSPS) is 10.9. The summed E-state index contributed by atoms with van der Waals surface area (Å²) in [4.78, 5) is 28.6. The van der Waals surface area contributed by atoms with Gasteiger partial charge in [0.1, 0.15) is 0 Å². The number of hydrogen-bond donors (Lipinski definition) is 1. The molecule has 1 aromatic carbocycles. The summed E-state index contributed by atoms with van der Waals surface area (Å²) in [5.74, 6) is -5.24. The number of nitrogens with zero attached hydrogens (tertiary/aromatic N) is 2.